The SMILES string of the molecule is CCCCCCCCCCCCCCCCC[C@@H]1OC[C@@H](COCCCCCCC[n+]2ccsc2)O1. The molecule has 0 radical (unpaired) electrons. The summed E-state index contributed by atoms with van der Waals surface area (Å²) in [5.41, 5.74) is 2.19. The minimum absolute atomic E-state index is 0.00155. The van der Waals surface area contributed by atoms with Gasteiger partial charge in [-0.15, -0.1) is 0 Å². The zero-order chi connectivity index (χ0) is 25.4. The summed E-state index contributed by atoms with van der Waals surface area (Å²) in [6.45, 7) is 5.68. The summed E-state index contributed by atoms with van der Waals surface area (Å²) in [6, 6.07) is 0. The molecule has 0 aliphatic carbocycles. The molecule has 5 heteroatoms. The van der Waals surface area contributed by atoms with Crippen molar-refractivity contribution in [2.24, 2.45) is 0 Å². The second kappa shape index (κ2) is 23.6. The minimum Gasteiger partial charge on any atom is -0.379 e. The predicted octanol–water partition coefficient (Wildman–Crippen LogP) is 9.01. The Bertz CT molecular complexity index is 568. The van der Waals surface area contributed by atoms with Crippen LogP contribution in [0, 0.1) is 0 Å². The average molecular weight is 525 g/mol. The van der Waals surface area contributed by atoms with Crippen molar-refractivity contribution in [3.63, 3.8) is 0 Å². The molecule has 1 aliphatic heterocycles. The molecule has 0 spiro atoms. The third-order valence-corrected chi connectivity index (χ3v) is 8.06. The van der Waals surface area contributed by atoms with Gasteiger partial charge in [-0.05, 0) is 25.7 Å². The van der Waals surface area contributed by atoms with Gasteiger partial charge in [-0.3, -0.25) is 0 Å². The normalized spacial score (nSPS) is 17.8. The first-order chi connectivity index (χ1) is 17.9. The molecule has 1 aromatic rings. The van der Waals surface area contributed by atoms with Crippen LogP contribution in [0.1, 0.15) is 142 Å². The first kappa shape index (κ1) is 31.7. The molecule has 0 N–H and O–H groups in total. The maximum absolute atomic E-state index is 6.03. The Kier molecular flexibility index (Phi) is 20.8. The predicted molar refractivity (Wildman–Crippen MR) is 153 cm³/mol. The molecule has 1 aliphatic rings. The summed E-state index contributed by atoms with van der Waals surface area (Å²) in [5, 5.41) is 2.14. The highest BCUT2D eigenvalue weighted by atomic mass is 32.1. The molecule has 1 aromatic heterocycles. The van der Waals surface area contributed by atoms with Crippen LogP contribution >= 0.6 is 11.3 Å². The lowest BCUT2D eigenvalue weighted by Crippen LogP contribution is -2.29. The highest BCUT2D eigenvalue weighted by Gasteiger charge is 2.25. The van der Waals surface area contributed by atoms with E-state index in [0.29, 0.717) is 13.2 Å². The third-order valence-electron chi connectivity index (χ3n) is 7.39. The van der Waals surface area contributed by atoms with Crippen molar-refractivity contribution in [3.8, 4) is 0 Å². The van der Waals surface area contributed by atoms with Gasteiger partial charge in [0.2, 0.25) is 5.51 Å². The molecular formula is C31H58NO3S+. The van der Waals surface area contributed by atoms with E-state index in [-0.39, 0.29) is 12.4 Å². The van der Waals surface area contributed by atoms with E-state index in [9.17, 15) is 0 Å². The summed E-state index contributed by atoms with van der Waals surface area (Å²) in [6.07, 6.45) is 30.7. The summed E-state index contributed by atoms with van der Waals surface area (Å²) >= 11 is 1.77. The molecule has 2 heterocycles. The number of hydrogen-bond donors (Lipinski definition) is 0. The standard InChI is InChI=1S/C31H58NO3S/c1-2-3-4-5-6-7-8-9-10-11-12-13-14-16-19-22-31-34-28-30(35-31)27-33-25-21-18-15-17-20-23-32-24-26-36-29-32/h24,26,29-31H,2-23,25,27-28H2,1H3/q+1/t30-,31-/m1/s1. The van der Waals surface area contributed by atoms with Crippen molar-refractivity contribution in [2.45, 2.75) is 161 Å². The molecule has 0 bridgehead atoms. The van der Waals surface area contributed by atoms with Crippen LogP contribution in [0.3, 0.4) is 0 Å². The fourth-order valence-corrected chi connectivity index (χ4v) is 5.69. The van der Waals surface area contributed by atoms with Crippen molar-refractivity contribution in [3.05, 3.63) is 17.1 Å². The Morgan fingerprint density at radius 2 is 1.33 bits per heavy atom. The van der Waals surface area contributed by atoms with Gasteiger partial charge in [0.05, 0.1) is 18.6 Å². The second-order valence-electron chi connectivity index (χ2n) is 10.9. The van der Waals surface area contributed by atoms with Crippen LogP contribution in [0.5, 0.6) is 0 Å². The van der Waals surface area contributed by atoms with Crippen LogP contribution in [-0.2, 0) is 20.8 Å². The Balaban J connectivity index is 1.25. The van der Waals surface area contributed by atoms with Crippen LogP contribution in [-0.4, -0.2) is 32.2 Å². The van der Waals surface area contributed by atoms with E-state index in [1.165, 1.54) is 122 Å². The molecule has 2 rings (SSSR count). The quantitative estimate of drug-likeness (QED) is 0.0895. The van der Waals surface area contributed by atoms with E-state index in [1.54, 1.807) is 11.3 Å². The number of hydrogen-bond acceptors (Lipinski definition) is 4. The molecule has 2 atom stereocenters. The molecule has 1 fully saturated rings. The average Bonchev–Trinajstić information content (AvgIpc) is 3.58. The van der Waals surface area contributed by atoms with Crippen molar-refractivity contribution in [2.75, 3.05) is 19.8 Å². The van der Waals surface area contributed by atoms with Gasteiger partial charge in [-0.1, -0.05) is 121 Å². The molecular weight excluding hydrogens is 466 g/mol. The molecule has 0 amide bonds. The maximum atomic E-state index is 6.03. The first-order valence-corrected chi connectivity index (χ1v) is 16.6. The van der Waals surface area contributed by atoms with E-state index in [2.05, 4.69) is 28.6 Å². The first-order valence-electron chi connectivity index (χ1n) is 15.6. The molecule has 210 valence electrons. The fraction of sp³-hybridized carbons (Fsp3) is 0.903. The lowest BCUT2D eigenvalue weighted by molar-refractivity contribution is -0.692. The molecule has 1 saturated heterocycles. The summed E-state index contributed by atoms with van der Waals surface area (Å²) in [4.78, 5) is 0. The van der Waals surface area contributed by atoms with Gasteiger partial charge < -0.3 is 14.2 Å². The lowest BCUT2D eigenvalue weighted by Gasteiger charge is -2.12. The minimum atomic E-state index is 0.00155. The molecule has 0 saturated carbocycles. The van der Waals surface area contributed by atoms with Crippen LogP contribution in [0.2, 0.25) is 0 Å². The lowest BCUT2D eigenvalue weighted by atomic mass is 10.0. The van der Waals surface area contributed by atoms with E-state index in [4.69, 9.17) is 14.2 Å². The van der Waals surface area contributed by atoms with Crippen LogP contribution in [0.15, 0.2) is 17.1 Å². The highest BCUT2D eigenvalue weighted by molar-refractivity contribution is 7.07. The van der Waals surface area contributed by atoms with Crippen LogP contribution < -0.4 is 4.57 Å². The Morgan fingerprint density at radius 3 is 1.94 bits per heavy atom. The number of thiazole rings is 1. The number of ether oxygens (including phenoxy) is 3. The molecule has 4 nitrogen and oxygen atoms in total. The molecule has 36 heavy (non-hydrogen) atoms. The van der Waals surface area contributed by atoms with Gasteiger partial charge in [-0.25, -0.2) is 0 Å². The topological polar surface area (TPSA) is 31.6 Å². The summed E-state index contributed by atoms with van der Waals surface area (Å²) in [5.74, 6) is 0. The number of nitrogens with zero attached hydrogens (tertiary/aromatic N) is 1. The molecule has 0 unspecified atom stereocenters. The summed E-state index contributed by atoms with van der Waals surface area (Å²) in [7, 11) is 0. The van der Waals surface area contributed by atoms with E-state index < -0.39 is 0 Å². The zero-order valence-electron chi connectivity index (χ0n) is 23.6. The van der Waals surface area contributed by atoms with Crippen molar-refractivity contribution in [1.82, 2.24) is 0 Å². The maximum Gasteiger partial charge on any atom is 0.224 e. The monoisotopic (exact) mass is 524 g/mol. The van der Waals surface area contributed by atoms with Crippen LogP contribution in [0.25, 0.3) is 0 Å². The van der Waals surface area contributed by atoms with Gasteiger partial charge in [0, 0.05) is 13.0 Å². The van der Waals surface area contributed by atoms with Crippen molar-refractivity contribution in [1.29, 1.82) is 0 Å². The van der Waals surface area contributed by atoms with Gasteiger partial charge >= 0.3 is 0 Å². The van der Waals surface area contributed by atoms with Gasteiger partial charge in [0.15, 0.2) is 12.5 Å². The highest BCUT2D eigenvalue weighted by Crippen LogP contribution is 2.19. The fourth-order valence-electron chi connectivity index (χ4n) is 5.06. The number of rotatable bonds is 26. The number of aryl methyl sites for hydroxylation is 1. The smallest absolute Gasteiger partial charge is 0.224 e. The third kappa shape index (κ3) is 17.9. The molecule has 0 aromatic carbocycles. The summed E-state index contributed by atoms with van der Waals surface area (Å²) < 4.78 is 20.0. The van der Waals surface area contributed by atoms with Crippen molar-refractivity contribution < 1.29 is 18.8 Å². The van der Waals surface area contributed by atoms with Gasteiger partial charge in [0.25, 0.3) is 0 Å². The van der Waals surface area contributed by atoms with Gasteiger partial charge in [0.1, 0.15) is 12.6 Å². The second-order valence-corrected chi connectivity index (χ2v) is 11.6. The number of aromatic nitrogens is 1. The number of unbranched alkanes of at least 4 members (excludes halogenated alkanes) is 18. The van der Waals surface area contributed by atoms with E-state index in [0.717, 1.165) is 26.0 Å². The Labute approximate surface area is 227 Å². The van der Waals surface area contributed by atoms with Gasteiger partial charge in [-0.2, -0.15) is 4.57 Å². The van der Waals surface area contributed by atoms with E-state index >= 15 is 0 Å². The Hall–Kier alpha value is -0.490. The zero-order valence-corrected chi connectivity index (χ0v) is 24.5. The Morgan fingerprint density at radius 1 is 0.750 bits per heavy atom. The largest absolute Gasteiger partial charge is 0.379 e. The van der Waals surface area contributed by atoms with E-state index in [1.807, 2.05) is 0 Å². The van der Waals surface area contributed by atoms with Crippen LogP contribution in [0.4, 0.5) is 0 Å². The van der Waals surface area contributed by atoms with Crippen molar-refractivity contribution >= 4 is 11.3 Å².